The predicted molar refractivity (Wildman–Crippen MR) is 105 cm³/mol. The fourth-order valence-corrected chi connectivity index (χ4v) is 3.07. The van der Waals surface area contributed by atoms with Crippen molar-refractivity contribution in [3.05, 3.63) is 83.7 Å². The van der Waals surface area contributed by atoms with E-state index in [4.69, 9.17) is 9.88 Å². The molecule has 142 valence electrons. The Balaban J connectivity index is 1.67. The molecule has 2 aromatic carbocycles. The van der Waals surface area contributed by atoms with Crippen LogP contribution in [0.3, 0.4) is 0 Å². The van der Waals surface area contributed by atoms with E-state index in [1.165, 1.54) is 18.2 Å². The Morgan fingerprint density at radius 3 is 2.68 bits per heavy atom. The molecule has 1 heterocycles. The maximum Gasteiger partial charge on any atom is 0.238 e. The molecule has 0 saturated heterocycles. The lowest BCUT2D eigenvalue weighted by atomic mass is 10.1. The van der Waals surface area contributed by atoms with Gasteiger partial charge in [-0.05, 0) is 48.0 Å². The van der Waals surface area contributed by atoms with Crippen molar-refractivity contribution in [2.75, 3.05) is 5.32 Å². The molecule has 0 amide bonds. The first kappa shape index (κ1) is 19.4. The molecule has 3 rings (SSSR count). The standard InChI is InChI=1S/C20H18N4O3S/c21-12-16-11-19(28(22,25)26)7-8-20(16)24-13-15-4-3-6-18(10-15)27-14-17-5-1-2-9-23-17/h1-11,24H,13-14H2,(H2,22,25,26). The summed E-state index contributed by atoms with van der Waals surface area (Å²) < 4.78 is 28.6. The van der Waals surface area contributed by atoms with E-state index < -0.39 is 10.0 Å². The van der Waals surface area contributed by atoms with Crippen LogP contribution in [-0.2, 0) is 23.2 Å². The summed E-state index contributed by atoms with van der Waals surface area (Å²) in [4.78, 5) is 4.12. The Morgan fingerprint density at radius 2 is 1.96 bits per heavy atom. The van der Waals surface area contributed by atoms with Crippen molar-refractivity contribution in [1.82, 2.24) is 4.98 Å². The quantitative estimate of drug-likeness (QED) is 0.636. The molecule has 0 radical (unpaired) electrons. The Kier molecular flexibility index (Phi) is 5.89. The van der Waals surface area contributed by atoms with Crippen molar-refractivity contribution in [2.45, 2.75) is 18.0 Å². The second kappa shape index (κ2) is 8.52. The van der Waals surface area contributed by atoms with Crippen molar-refractivity contribution in [2.24, 2.45) is 5.14 Å². The van der Waals surface area contributed by atoms with E-state index in [0.29, 0.717) is 24.6 Å². The van der Waals surface area contributed by atoms with Gasteiger partial charge in [0, 0.05) is 12.7 Å². The summed E-state index contributed by atoms with van der Waals surface area (Å²) in [7, 11) is -3.85. The third-order valence-electron chi connectivity index (χ3n) is 3.93. The van der Waals surface area contributed by atoms with Crippen LogP contribution in [-0.4, -0.2) is 13.4 Å². The highest BCUT2D eigenvalue weighted by Gasteiger charge is 2.11. The number of pyridine rings is 1. The largest absolute Gasteiger partial charge is 0.487 e. The number of rotatable bonds is 7. The number of anilines is 1. The molecule has 0 atom stereocenters. The van der Waals surface area contributed by atoms with Crippen LogP contribution in [0.15, 0.2) is 71.8 Å². The lowest BCUT2D eigenvalue weighted by Crippen LogP contribution is -2.12. The molecule has 0 spiro atoms. The average Bonchev–Trinajstić information content (AvgIpc) is 2.71. The van der Waals surface area contributed by atoms with Crippen LogP contribution >= 0.6 is 0 Å². The van der Waals surface area contributed by atoms with E-state index >= 15 is 0 Å². The first-order chi connectivity index (χ1) is 13.5. The summed E-state index contributed by atoms with van der Waals surface area (Å²) in [5.74, 6) is 0.704. The highest BCUT2D eigenvalue weighted by atomic mass is 32.2. The summed E-state index contributed by atoms with van der Waals surface area (Å²) >= 11 is 0. The van der Waals surface area contributed by atoms with Gasteiger partial charge in [-0.25, -0.2) is 13.6 Å². The van der Waals surface area contributed by atoms with Gasteiger partial charge in [-0.3, -0.25) is 4.98 Å². The molecule has 0 aliphatic rings. The van der Waals surface area contributed by atoms with Gasteiger partial charge in [0.15, 0.2) is 0 Å². The van der Waals surface area contributed by atoms with Crippen LogP contribution in [0.25, 0.3) is 0 Å². The summed E-state index contributed by atoms with van der Waals surface area (Å²) in [6.45, 7) is 0.801. The number of hydrogen-bond acceptors (Lipinski definition) is 6. The maximum absolute atomic E-state index is 11.4. The molecule has 1 aromatic heterocycles. The van der Waals surface area contributed by atoms with Crippen LogP contribution in [0, 0.1) is 11.3 Å². The first-order valence-electron chi connectivity index (χ1n) is 8.38. The third kappa shape index (κ3) is 5.07. The minimum absolute atomic E-state index is 0.0977. The zero-order chi connectivity index (χ0) is 20.0. The molecule has 3 N–H and O–H groups in total. The topological polar surface area (TPSA) is 118 Å². The SMILES string of the molecule is N#Cc1cc(S(N)(=O)=O)ccc1NCc1cccc(OCc2ccccn2)c1. The van der Waals surface area contributed by atoms with Gasteiger partial charge in [0.05, 0.1) is 21.8 Å². The number of nitriles is 1. The molecule has 0 bridgehead atoms. The van der Waals surface area contributed by atoms with Gasteiger partial charge in [-0.1, -0.05) is 18.2 Å². The average molecular weight is 394 g/mol. The zero-order valence-electron chi connectivity index (χ0n) is 14.9. The van der Waals surface area contributed by atoms with Crippen molar-refractivity contribution in [3.8, 4) is 11.8 Å². The smallest absolute Gasteiger partial charge is 0.238 e. The van der Waals surface area contributed by atoms with Gasteiger partial charge in [0.1, 0.15) is 18.4 Å². The number of nitrogens with one attached hydrogen (secondary N) is 1. The summed E-state index contributed by atoms with van der Waals surface area (Å²) in [6, 6.07) is 19.3. The third-order valence-corrected chi connectivity index (χ3v) is 4.85. The number of ether oxygens (including phenoxy) is 1. The first-order valence-corrected chi connectivity index (χ1v) is 9.93. The molecule has 8 heteroatoms. The zero-order valence-corrected chi connectivity index (χ0v) is 15.7. The Morgan fingerprint density at radius 1 is 1.11 bits per heavy atom. The van der Waals surface area contributed by atoms with E-state index in [1.807, 2.05) is 48.5 Å². The van der Waals surface area contributed by atoms with Crippen LogP contribution in [0.2, 0.25) is 0 Å². The molecule has 3 aromatic rings. The molecular formula is C20H18N4O3S. The normalized spacial score (nSPS) is 10.9. The number of nitrogens with zero attached hydrogens (tertiary/aromatic N) is 2. The van der Waals surface area contributed by atoms with Crippen molar-refractivity contribution >= 4 is 15.7 Å². The van der Waals surface area contributed by atoms with Gasteiger partial charge in [-0.15, -0.1) is 0 Å². The Labute approximate surface area is 163 Å². The van der Waals surface area contributed by atoms with Crippen molar-refractivity contribution in [3.63, 3.8) is 0 Å². The number of hydrogen-bond donors (Lipinski definition) is 2. The maximum atomic E-state index is 11.4. The van der Waals surface area contributed by atoms with E-state index in [2.05, 4.69) is 10.3 Å². The van der Waals surface area contributed by atoms with Crippen molar-refractivity contribution < 1.29 is 13.2 Å². The Hall–Kier alpha value is -3.41. The molecule has 0 unspecified atom stereocenters. The van der Waals surface area contributed by atoms with Gasteiger partial charge in [0.25, 0.3) is 0 Å². The van der Waals surface area contributed by atoms with Gasteiger partial charge >= 0.3 is 0 Å². The Bertz CT molecular complexity index is 1110. The molecular weight excluding hydrogens is 376 g/mol. The second-order valence-electron chi connectivity index (χ2n) is 5.97. The van der Waals surface area contributed by atoms with Crippen LogP contribution < -0.4 is 15.2 Å². The van der Waals surface area contributed by atoms with E-state index in [9.17, 15) is 13.7 Å². The predicted octanol–water partition coefficient (Wildman–Crippen LogP) is 2.79. The highest BCUT2D eigenvalue weighted by molar-refractivity contribution is 7.89. The van der Waals surface area contributed by atoms with Gasteiger partial charge in [-0.2, -0.15) is 5.26 Å². The van der Waals surface area contributed by atoms with Crippen LogP contribution in [0.4, 0.5) is 5.69 Å². The molecule has 28 heavy (non-hydrogen) atoms. The van der Waals surface area contributed by atoms with Gasteiger partial charge < -0.3 is 10.1 Å². The molecule has 0 fully saturated rings. The molecule has 0 saturated carbocycles. The summed E-state index contributed by atoms with van der Waals surface area (Å²) in [5, 5.41) is 17.5. The van der Waals surface area contributed by atoms with E-state index in [1.54, 1.807) is 6.20 Å². The van der Waals surface area contributed by atoms with Gasteiger partial charge in [0.2, 0.25) is 10.0 Å². The lowest BCUT2D eigenvalue weighted by Gasteiger charge is -2.11. The second-order valence-corrected chi connectivity index (χ2v) is 7.54. The monoisotopic (exact) mass is 394 g/mol. The summed E-state index contributed by atoms with van der Waals surface area (Å²) in [5.41, 5.74) is 2.50. The molecule has 7 nitrogen and oxygen atoms in total. The number of primary sulfonamides is 1. The number of nitrogens with two attached hydrogens (primary N) is 1. The van der Waals surface area contributed by atoms with E-state index in [0.717, 1.165) is 11.3 Å². The van der Waals surface area contributed by atoms with Crippen molar-refractivity contribution in [1.29, 1.82) is 5.26 Å². The number of benzene rings is 2. The summed E-state index contributed by atoms with van der Waals surface area (Å²) in [6.07, 6.45) is 1.72. The van der Waals surface area contributed by atoms with Crippen LogP contribution in [0.1, 0.15) is 16.8 Å². The fraction of sp³-hybridized carbons (Fsp3) is 0.100. The van der Waals surface area contributed by atoms with Crippen LogP contribution in [0.5, 0.6) is 5.75 Å². The molecule has 0 aliphatic heterocycles. The number of sulfonamides is 1. The lowest BCUT2D eigenvalue weighted by molar-refractivity contribution is 0.301. The minimum Gasteiger partial charge on any atom is -0.487 e. The minimum atomic E-state index is -3.85. The molecule has 0 aliphatic carbocycles. The van der Waals surface area contributed by atoms with E-state index in [-0.39, 0.29) is 10.5 Å². The number of aromatic nitrogens is 1. The highest BCUT2D eigenvalue weighted by Crippen LogP contribution is 2.21. The fourth-order valence-electron chi connectivity index (χ4n) is 2.53.